The van der Waals surface area contributed by atoms with Crippen molar-refractivity contribution in [2.75, 3.05) is 16.8 Å². The fraction of sp³-hybridized carbons (Fsp3) is 0.182. The molecule has 2 N–H and O–H groups in total. The molecule has 1 aromatic carbocycles. The molecule has 0 aliphatic rings. The molecule has 0 saturated heterocycles. The number of para-hydroxylation sites is 2. The van der Waals surface area contributed by atoms with Gasteiger partial charge in [-0.15, -0.1) is 16.9 Å². The number of thioether (sulfide) groups is 1. The maximum Gasteiger partial charge on any atom is 0.313 e. The van der Waals surface area contributed by atoms with Crippen molar-refractivity contribution in [2.45, 2.75) is 0 Å². The van der Waals surface area contributed by atoms with Crippen molar-refractivity contribution in [1.29, 1.82) is 0 Å². The number of carbonyl (C=O) groups excluding carboxylic acids is 1. The second-order valence-electron chi connectivity index (χ2n) is 3.71. The highest BCUT2D eigenvalue weighted by atomic mass is 32.2. The first kappa shape index (κ1) is 14.0. The van der Waals surface area contributed by atoms with Crippen LogP contribution in [0.2, 0.25) is 0 Å². The van der Waals surface area contributed by atoms with E-state index < -0.39 is 5.97 Å². The third kappa shape index (κ3) is 3.79. The van der Waals surface area contributed by atoms with Crippen LogP contribution in [0, 0.1) is 0 Å². The zero-order valence-corrected chi connectivity index (χ0v) is 11.1. The lowest BCUT2D eigenvalue weighted by atomic mass is 10.2. The fourth-order valence-electron chi connectivity index (χ4n) is 1.47. The Balaban J connectivity index is 2.03. The first-order chi connectivity index (χ1) is 9.66. The molecule has 0 aliphatic carbocycles. The van der Waals surface area contributed by atoms with E-state index in [2.05, 4.69) is 20.8 Å². The number of carboxylic acid groups (broad SMARTS) is 1. The number of nitrogens with one attached hydrogen (secondary N) is 1. The van der Waals surface area contributed by atoms with Crippen LogP contribution in [0.5, 0.6) is 0 Å². The second-order valence-corrected chi connectivity index (χ2v) is 4.69. The average molecular weight is 293 g/mol. The van der Waals surface area contributed by atoms with Gasteiger partial charge in [-0.3, -0.25) is 9.59 Å². The molecule has 1 aromatic heterocycles. The number of anilines is 1. The first-order valence-corrected chi connectivity index (χ1v) is 6.74. The summed E-state index contributed by atoms with van der Waals surface area (Å²) < 4.78 is 1.43. The Bertz CT molecular complexity index is 602. The number of hydrogen-bond acceptors (Lipinski definition) is 6. The lowest BCUT2D eigenvalue weighted by molar-refractivity contribution is -0.133. The maximum atomic E-state index is 11.7. The third-order valence-corrected chi connectivity index (χ3v) is 3.15. The molecule has 0 spiro atoms. The standard InChI is InChI=1S/C11H11N5O3S/c17-10(5-20-6-11(18)19)13-8-3-1-2-4-9(8)16-7-12-14-15-16/h1-4,7H,5-6H2,(H,13,17)(H,18,19). The highest BCUT2D eigenvalue weighted by molar-refractivity contribution is 8.00. The van der Waals surface area contributed by atoms with Crippen LogP contribution in [-0.4, -0.2) is 48.7 Å². The Morgan fingerprint density at radius 1 is 1.30 bits per heavy atom. The zero-order chi connectivity index (χ0) is 14.4. The largest absolute Gasteiger partial charge is 0.481 e. The number of carbonyl (C=O) groups is 2. The molecular formula is C11H11N5O3S. The van der Waals surface area contributed by atoms with E-state index in [9.17, 15) is 9.59 Å². The van der Waals surface area contributed by atoms with E-state index in [1.807, 2.05) is 0 Å². The van der Waals surface area contributed by atoms with Gasteiger partial charge in [0, 0.05) is 0 Å². The van der Waals surface area contributed by atoms with Crippen molar-refractivity contribution in [3.05, 3.63) is 30.6 Å². The van der Waals surface area contributed by atoms with Crippen LogP contribution >= 0.6 is 11.8 Å². The van der Waals surface area contributed by atoms with Gasteiger partial charge in [0.25, 0.3) is 0 Å². The Morgan fingerprint density at radius 2 is 2.10 bits per heavy atom. The van der Waals surface area contributed by atoms with Crippen LogP contribution in [0.4, 0.5) is 5.69 Å². The van der Waals surface area contributed by atoms with E-state index >= 15 is 0 Å². The lowest BCUT2D eigenvalue weighted by Crippen LogP contribution is -2.17. The number of benzene rings is 1. The topological polar surface area (TPSA) is 110 Å². The molecule has 2 rings (SSSR count). The fourth-order valence-corrected chi connectivity index (χ4v) is 2.00. The van der Waals surface area contributed by atoms with E-state index in [1.54, 1.807) is 24.3 Å². The van der Waals surface area contributed by atoms with Crippen LogP contribution in [0.25, 0.3) is 5.69 Å². The Hall–Kier alpha value is -2.42. The molecule has 0 bridgehead atoms. The van der Waals surface area contributed by atoms with Gasteiger partial charge >= 0.3 is 5.97 Å². The monoisotopic (exact) mass is 293 g/mol. The van der Waals surface area contributed by atoms with Gasteiger partial charge in [0.05, 0.1) is 22.9 Å². The maximum absolute atomic E-state index is 11.7. The van der Waals surface area contributed by atoms with Gasteiger partial charge in [-0.1, -0.05) is 12.1 Å². The SMILES string of the molecule is O=C(O)CSCC(=O)Nc1ccccc1-n1cnnn1. The average Bonchev–Trinajstić information content (AvgIpc) is 2.92. The summed E-state index contributed by atoms with van der Waals surface area (Å²) in [7, 11) is 0. The van der Waals surface area contributed by atoms with Gasteiger partial charge < -0.3 is 10.4 Å². The Morgan fingerprint density at radius 3 is 2.80 bits per heavy atom. The van der Waals surface area contributed by atoms with Gasteiger partial charge in [-0.2, -0.15) is 4.68 Å². The molecule has 1 amide bonds. The summed E-state index contributed by atoms with van der Waals surface area (Å²) in [6, 6.07) is 7.05. The van der Waals surface area contributed by atoms with Crippen molar-refractivity contribution in [3.8, 4) is 5.69 Å². The molecule has 0 fully saturated rings. The van der Waals surface area contributed by atoms with Crippen molar-refractivity contribution in [3.63, 3.8) is 0 Å². The first-order valence-electron chi connectivity index (χ1n) is 5.58. The van der Waals surface area contributed by atoms with E-state index in [-0.39, 0.29) is 17.4 Å². The minimum absolute atomic E-state index is 0.0657. The summed E-state index contributed by atoms with van der Waals surface area (Å²) >= 11 is 1.03. The van der Waals surface area contributed by atoms with Crippen molar-refractivity contribution >= 4 is 29.3 Å². The lowest BCUT2D eigenvalue weighted by Gasteiger charge is -2.09. The predicted octanol–water partition coefficient (Wildman–Crippen LogP) is 0.419. The highest BCUT2D eigenvalue weighted by Crippen LogP contribution is 2.18. The van der Waals surface area contributed by atoms with Gasteiger partial charge in [0.2, 0.25) is 5.91 Å². The van der Waals surface area contributed by atoms with E-state index in [1.165, 1.54) is 11.0 Å². The van der Waals surface area contributed by atoms with Gasteiger partial charge in [0.15, 0.2) is 0 Å². The molecular weight excluding hydrogens is 282 g/mol. The Labute approximate surface area is 118 Å². The van der Waals surface area contributed by atoms with E-state index in [0.29, 0.717) is 11.4 Å². The summed E-state index contributed by atoms with van der Waals surface area (Å²) in [5, 5.41) is 22.0. The molecule has 104 valence electrons. The van der Waals surface area contributed by atoms with Crippen LogP contribution in [0.3, 0.4) is 0 Å². The number of carboxylic acids is 1. The van der Waals surface area contributed by atoms with Crippen molar-refractivity contribution < 1.29 is 14.7 Å². The number of rotatable bonds is 6. The zero-order valence-electron chi connectivity index (χ0n) is 10.3. The second kappa shape index (κ2) is 6.66. The minimum atomic E-state index is -0.947. The smallest absolute Gasteiger partial charge is 0.313 e. The summed E-state index contributed by atoms with van der Waals surface area (Å²) in [5.74, 6) is -1.27. The minimum Gasteiger partial charge on any atom is -0.481 e. The predicted molar refractivity (Wildman–Crippen MR) is 72.7 cm³/mol. The normalized spacial score (nSPS) is 10.2. The molecule has 8 nitrogen and oxygen atoms in total. The van der Waals surface area contributed by atoms with Crippen molar-refractivity contribution in [1.82, 2.24) is 20.2 Å². The number of amides is 1. The number of aliphatic carboxylic acids is 1. The Kier molecular flexibility index (Phi) is 4.66. The summed E-state index contributed by atoms with van der Waals surface area (Å²) in [6.07, 6.45) is 1.42. The number of aromatic nitrogens is 4. The molecule has 0 unspecified atom stereocenters. The molecule has 1 heterocycles. The molecule has 0 atom stereocenters. The van der Waals surface area contributed by atoms with Gasteiger partial charge in [-0.25, -0.2) is 0 Å². The van der Waals surface area contributed by atoms with Gasteiger partial charge in [-0.05, 0) is 22.6 Å². The van der Waals surface area contributed by atoms with Crippen LogP contribution in [0.15, 0.2) is 30.6 Å². The van der Waals surface area contributed by atoms with Crippen molar-refractivity contribution in [2.24, 2.45) is 0 Å². The molecule has 0 aliphatic heterocycles. The highest BCUT2D eigenvalue weighted by Gasteiger charge is 2.09. The molecule has 20 heavy (non-hydrogen) atoms. The number of hydrogen-bond donors (Lipinski definition) is 2. The summed E-state index contributed by atoms with van der Waals surface area (Å²) in [5.41, 5.74) is 1.19. The third-order valence-electron chi connectivity index (χ3n) is 2.23. The molecule has 0 radical (unpaired) electrons. The molecule has 9 heteroatoms. The van der Waals surface area contributed by atoms with Gasteiger partial charge in [0.1, 0.15) is 6.33 Å². The van der Waals surface area contributed by atoms with Crippen LogP contribution in [0.1, 0.15) is 0 Å². The van der Waals surface area contributed by atoms with E-state index in [4.69, 9.17) is 5.11 Å². The van der Waals surface area contributed by atoms with Crippen LogP contribution < -0.4 is 5.32 Å². The number of tetrazole rings is 1. The number of nitrogens with zero attached hydrogens (tertiary/aromatic N) is 4. The summed E-state index contributed by atoms with van der Waals surface area (Å²) in [4.78, 5) is 22.1. The van der Waals surface area contributed by atoms with Crippen LogP contribution in [-0.2, 0) is 9.59 Å². The van der Waals surface area contributed by atoms with E-state index in [0.717, 1.165) is 11.8 Å². The quantitative estimate of drug-likeness (QED) is 0.794. The molecule has 2 aromatic rings. The molecule has 0 saturated carbocycles. The summed E-state index contributed by atoms with van der Waals surface area (Å²) in [6.45, 7) is 0.